The number of fused-ring (bicyclic) bond motifs is 1. The van der Waals surface area contributed by atoms with Crippen molar-refractivity contribution in [3.05, 3.63) is 78.3 Å². The number of rotatable bonds is 7. The number of benzene rings is 1. The van der Waals surface area contributed by atoms with Gasteiger partial charge in [-0.2, -0.15) is 0 Å². The van der Waals surface area contributed by atoms with Crippen LogP contribution in [0, 0.1) is 5.82 Å². The number of halogens is 1. The molecule has 0 saturated carbocycles. The Hall–Kier alpha value is -3.36. The molecule has 1 aliphatic rings. The van der Waals surface area contributed by atoms with Gasteiger partial charge in [0.1, 0.15) is 23.6 Å². The average Bonchev–Trinajstić information content (AvgIpc) is 3.18. The maximum atomic E-state index is 13.0. The average molecular weight is 447 g/mol. The van der Waals surface area contributed by atoms with Crippen molar-refractivity contribution in [1.82, 2.24) is 24.4 Å². The van der Waals surface area contributed by atoms with Crippen molar-refractivity contribution in [3.8, 4) is 0 Å². The molecule has 33 heavy (non-hydrogen) atoms. The molecule has 0 amide bonds. The van der Waals surface area contributed by atoms with E-state index in [2.05, 4.69) is 49.9 Å². The summed E-state index contributed by atoms with van der Waals surface area (Å²) in [7, 11) is 0. The van der Waals surface area contributed by atoms with E-state index >= 15 is 0 Å². The number of hydrogen-bond acceptors (Lipinski definition) is 6. The van der Waals surface area contributed by atoms with Gasteiger partial charge in [-0.3, -0.25) is 9.88 Å². The largest absolute Gasteiger partial charge is 0.369 e. The second-order valence-electron chi connectivity index (χ2n) is 8.22. The van der Waals surface area contributed by atoms with Crippen molar-refractivity contribution < 1.29 is 9.13 Å². The van der Waals surface area contributed by atoms with Gasteiger partial charge in [0.05, 0.1) is 48.0 Å². The first-order chi connectivity index (χ1) is 16.2. The number of nitrogens with one attached hydrogen (secondary N) is 1. The Kier molecular flexibility index (Phi) is 6.28. The SMILES string of the molecule is CCCn1c(CN2CCO[C@H](c3ccc(Nc4ccc(F)cn4)cn3)C2)nc2ccccc21. The van der Waals surface area contributed by atoms with Crippen LogP contribution in [0.2, 0.25) is 0 Å². The molecule has 1 atom stereocenters. The summed E-state index contributed by atoms with van der Waals surface area (Å²) >= 11 is 0. The van der Waals surface area contributed by atoms with Crippen LogP contribution in [-0.4, -0.2) is 44.1 Å². The van der Waals surface area contributed by atoms with Crippen LogP contribution in [-0.2, 0) is 17.8 Å². The number of pyridine rings is 2. The zero-order valence-electron chi connectivity index (χ0n) is 18.6. The Labute approximate surface area is 192 Å². The maximum Gasteiger partial charge on any atom is 0.141 e. The Bertz CT molecular complexity index is 1210. The van der Waals surface area contributed by atoms with Gasteiger partial charge < -0.3 is 14.6 Å². The number of anilines is 2. The number of nitrogens with zero attached hydrogens (tertiary/aromatic N) is 5. The monoisotopic (exact) mass is 446 g/mol. The smallest absolute Gasteiger partial charge is 0.141 e. The molecule has 4 aromatic rings. The molecule has 1 N–H and O–H groups in total. The first-order valence-electron chi connectivity index (χ1n) is 11.3. The molecule has 4 heterocycles. The number of aromatic nitrogens is 4. The lowest BCUT2D eigenvalue weighted by atomic mass is 10.2. The van der Waals surface area contributed by atoms with E-state index in [9.17, 15) is 4.39 Å². The van der Waals surface area contributed by atoms with E-state index in [0.717, 1.165) is 55.3 Å². The highest BCUT2D eigenvalue weighted by Crippen LogP contribution is 2.25. The fourth-order valence-electron chi connectivity index (χ4n) is 4.21. The third-order valence-electron chi connectivity index (χ3n) is 5.81. The van der Waals surface area contributed by atoms with Crippen molar-refractivity contribution in [2.24, 2.45) is 0 Å². The van der Waals surface area contributed by atoms with Crippen LogP contribution in [0.25, 0.3) is 11.0 Å². The van der Waals surface area contributed by atoms with E-state index in [-0.39, 0.29) is 11.9 Å². The number of ether oxygens (including phenoxy) is 1. The minimum atomic E-state index is -0.363. The third-order valence-corrected chi connectivity index (χ3v) is 5.81. The van der Waals surface area contributed by atoms with Gasteiger partial charge in [0.15, 0.2) is 0 Å². The lowest BCUT2D eigenvalue weighted by Gasteiger charge is -2.32. The summed E-state index contributed by atoms with van der Waals surface area (Å²) in [4.78, 5) is 15.9. The lowest BCUT2D eigenvalue weighted by Crippen LogP contribution is -2.38. The third kappa shape index (κ3) is 4.86. The molecular weight excluding hydrogens is 419 g/mol. The summed E-state index contributed by atoms with van der Waals surface area (Å²) in [5.41, 5.74) is 3.92. The molecule has 8 heteroatoms. The van der Waals surface area contributed by atoms with E-state index in [1.807, 2.05) is 18.2 Å². The van der Waals surface area contributed by atoms with E-state index in [4.69, 9.17) is 9.72 Å². The van der Waals surface area contributed by atoms with Crippen molar-refractivity contribution >= 4 is 22.5 Å². The Morgan fingerprint density at radius 1 is 1.09 bits per heavy atom. The molecule has 3 aromatic heterocycles. The predicted molar refractivity (Wildman–Crippen MR) is 126 cm³/mol. The number of hydrogen-bond donors (Lipinski definition) is 1. The summed E-state index contributed by atoms with van der Waals surface area (Å²) in [6, 6.07) is 15.2. The van der Waals surface area contributed by atoms with Gasteiger partial charge in [-0.1, -0.05) is 19.1 Å². The van der Waals surface area contributed by atoms with Gasteiger partial charge in [0.2, 0.25) is 0 Å². The van der Waals surface area contributed by atoms with Gasteiger partial charge in [-0.15, -0.1) is 0 Å². The van der Waals surface area contributed by atoms with Crippen molar-refractivity contribution in [1.29, 1.82) is 0 Å². The predicted octanol–water partition coefficient (Wildman–Crippen LogP) is 4.69. The zero-order chi connectivity index (χ0) is 22.6. The summed E-state index contributed by atoms with van der Waals surface area (Å²) < 4.78 is 21.4. The molecule has 1 aromatic carbocycles. The quantitative estimate of drug-likeness (QED) is 0.444. The maximum absolute atomic E-state index is 13.0. The van der Waals surface area contributed by atoms with Gasteiger partial charge in [-0.25, -0.2) is 14.4 Å². The van der Waals surface area contributed by atoms with Crippen molar-refractivity contribution in [2.45, 2.75) is 32.5 Å². The molecule has 0 bridgehead atoms. The molecule has 7 nitrogen and oxygen atoms in total. The topological polar surface area (TPSA) is 68.1 Å². The molecule has 1 fully saturated rings. The van der Waals surface area contributed by atoms with Crippen LogP contribution in [0.5, 0.6) is 0 Å². The lowest BCUT2D eigenvalue weighted by molar-refractivity contribution is -0.0359. The van der Waals surface area contributed by atoms with Gasteiger partial charge in [0, 0.05) is 19.6 Å². The molecule has 0 spiro atoms. The summed E-state index contributed by atoms with van der Waals surface area (Å²) in [5.74, 6) is 1.30. The van der Waals surface area contributed by atoms with Crippen LogP contribution in [0.1, 0.15) is 31.0 Å². The first kappa shape index (κ1) is 21.5. The first-order valence-corrected chi connectivity index (χ1v) is 11.3. The molecule has 0 aliphatic carbocycles. The Balaban J connectivity index is 1.27. The molecular formula is C25H27FN6O. The number of morpholine rings is 1. The minimum Gasteiger partial charge on any atom is -0.369 e. The van der Waals surface area contributed by atoms with E-state index in [0.29, 0.717) is 12.4 Å². The highest BCUT2D eigenvalue weighted by molar-refractivity contribution is 5.75. The fourth-order valence-corrected chi connectivity index (χ4v) is 4.21. The van der Waals surface area contributed by atoms with Crippen molar-refractivity contribution in [2.75, 3.05) is 25.0 Å². The summed E-state index contributed by atoms with van der Waals surface area (Å²) in [6.45, 7) is 6.21. The molecule has 1 aliphatic heterocycles. The van der Waals surface area contributed by atoms with Crippen LogP contribution in [0.4, 0.5) is 15.9 Å². The van der Waals surface area contributed by atoms with E-state index in [1.165, 1.54) is 17.8 Å². The Morgan fingerprint density at radius 2 is 2.00 bits per heavy atom. The molecule has 5 rings (SSSR count). The zero-order valence-corrected chi connectivity index (χ0v) is 18.6. The second kappa shape index (κ2) is 9.64. The van der Waals surface area contributed by atoms with Crippen LogP contribution in [0.3, 0.4) is 0 Å². The van der Waals surface area contributed by atoms with E-state index < -0.39 is 0 Å². The summed E-state index contributed by atoms with van der Waals surface area (Å²) in [5, 5.41) is 3.13. The van der Waals surface area contributed by atoms with Crippen LogP contribution < -0.4 is 5.32 Å². The fraction of sp³-hybridized carbons (Fsp3) is 0.320. The van der Waals surface area contributed by atoms with Crippen LogP contribution in [0.15, 0.2) is 60.9 Å². The van der Waals surface area contributed by atoms with Crippen LogP contribution >= 0.6 is 0 Å². The number of aryl methyl sites for hydroxylation is 1. The highest BCUT2D eigenvalue weighted by Gasteiger charge is 2.24. The number of imidazole rings is 1. The molecule has 1 saturated heterocycles. The van der Waals surface area contributed by atoms with Gasteiger partial charge in [-0.05, 0) is 42.8 Å². The summed E-state index contributed by atoms with van der Waals surface area (Å²) in [6.07, 6.45) is 3.91. The van der Waals surface area contributed by atoms with Gasteiger partial charge >= 0.3 is 0 Å². The molecule has 0 radical (unpaired) electrons. The highest BCUT2D eigenvalue weighted by atomic mass is 19.1. The molecule has 0 unspecified atom stereocenters. The standard InChI is InChI=1S/C25H27FN6O/c1-2-11-32-22-6-4-3-5-20(22)30-25(32)17-31-12-13-33-23(16-31)21-9-8-19(15-27-21)29-24-10-7-18(26)14-28-24/h3-10,14-15,23H,2,11-13,16-17H2,1H3,(H,28,29)/t23-/m0/s1. The minimum absolute atomic E-state index is 0.0965. The van der Waals surface area contributed by atoms with Gasteiger partial charge in [0.25, 0.3) is 0 Å². The second-order valence-corrected chi connectivity index (χ2v) is 8.22. The Morgan fingerprint density at radius 3 is 2.79 bits per heavy atom. The normalized spacial score (nSPS) is 16.8. The van der Waals surface area contributed by atoms with E-state index in [1.54, 1.807) is 12.3 Å². The number of para-hydroxylation sites is 2. The van der Waals surface area contributed by atoms with Crippen molar-refractivity contribution in [3.63, 3.8) is 0 Å². The molecule has 170 valence electrons.